The van der Waals surface area contributed by atoms with Gasteiger partial charge in [0, 0.05) is 16.6 Å². The van der Waals surface area contributed by atoms with Crippen LogP contribution in [0.4, 0.5) is 0 Å². The van der Waals surface area contributed by atoms with Gasteiger partial charge in [-0.05, 0) is 51.7 Å². The highest BCUT2D eigenvalue weighted by atomic mass is 35.5. The summed E-state index contributed by atoms with van der Waals surface area (Å²) >= 11 is 6.01. The van der Waals surface area contributed by atoms with Gasteiger partial charge in [-0.25, -0.2) is 0 Å². The monoisotopic (exact) mass is 300 g/mol. The van der Waals surface area contributed by atoms with E-state index in [0.717, 1.165) is 13.0 Å². The van der Waals surface area contributed by atoms with E-state index in [4.69, 9.17) is 22.1 Å². The van der Waals surface area contributed by atoms with Crippen LogP contribution in [0.1, 0.15) is 31.4 Å². The summed E-state index contributed by atoms with van der Waals surface area (Å²) in [7, 11) is 3.96. The second-order valence-electron chi connectivity index (χ2n) is 5.23. The third-order valence-corrected chi connectivity index (χ3v) is 3.30. The van der Waals surface area contributed by atoms with E-state index in [0.29, 0.717) is 29.4 Å². The Labute approximate surface area is 126 Å². The maximum atomic E-state index is 10.4. The van der Waals surface area contributed by atoms with E-state index in [1.165, 1.54) is 0 Å². The molecule has 0 bridgehead atoms. The second kappa shape index (κ2) is 8.47. The molecule has 1 aromatic carbocycles. The molecule has 0 saturated heterocycles. The number of aliphatic hydroxyl groups is 1. The van der Waals surface area contributed by atoms with Gasteiger partial charge >= 0.3 is 0 Å². The number of aliphatic hydroxyl groups excluding tert-OH is 1. The Kier molecular flexibility index (Phi) is 7.30. The average molecular weight is 301 g/mol. The lowest BCUT2D eigenvalue weighted by Gasteiger charge is -2.23. The molecule has 1 aromatic rings. The van der Waals surface area contributed by atoms with Gasteiger partial charge in [0.15, 0.2) is 0 Å². The summed E-state index contributed by atoms with van der Waals surface area (Å²) in [4.78, 5) is 2.04. The average Bonchev–Trinajstić information content (AvgIpc) is 2.42. The summed E-state index contributed by atoms with van der Waals surface area (Å²) in [5.74, 6) is 0.657. The molecule has 2 atom stereocenters. The van der Waals surface area contributed by atoms with E-state index in [-0.39, 0.29) is 6.04 Å². The van der Waals surface area contributed by atoms with Crippen LogP contribution in [0.15, 0.2) is 18.2 Å². The van der Waals surface area contributed by atoms with Crippen LogP contribution in [0.2, 0.25) is 5.02 Å². The first-order valence-corrected chi connectivity index (χ1v) is 7.34. The van der Waals surface area contributed by atoms with Gasteiger partial charge in [-0.3, -0.25) is 0 Å². The molecule has 0 aliphatic carbocycles. The van der Waals surface area contributed by atoms with Crippen molar-refractivity contribution in [1.82, 2.24) is 4.90 Å². The van der Waals surface area contributed by atoms with E-state index in [9.17, 15) is 5.11 Å². The summed E-state index contributed by atoms with van der Waals surface area (Å²) < 4.78 is 5.65. The quantitative estimate of drug-likeness (QED) is 0.774. The van der Waals surface area contributed by atoms with Crippen molar-refractivity contribution < 1.29 is 9.84 Å². The van der Waals surface area contributed by atoms with Crippen LogP contribution in [0, 0.1) is 0 Å². The zero-order valence-electron chi connectivity index (χ0n) is 12.5. The molecule has 3 N–H and O–H groups in total. The Hall–Kier alpha value is -0.810. The van der Waals surface area contributed by atoms with E-state index in [2.05, 4.69) is 0 Å². The molecular formula is C15H25ClN2O2. The number of nitrogens with zero attached hydrogens (tertiary/aromatic N) is 1. The minimum Gasteiger partial charge on any atom is -0.493 e. The Morgan fingerprint density at radius 2 is 2.10 bits per heavy atom. The molecule has 0 fully saturated rings. The highest BCUT2D eigenvalue weighted by Gasteiger charge is 2.21. The smallest absolute Gasteiger partial charge is 0.125 e. The van der Waals surface area contributed by atoms with Crippen molar-refractivity contribution in [1.29, 1.82) is 0 Å². The number of hydrogen-bond acceptors (Lipinski definition) is 4. The largest absolute Gasteiger partial charge is 0.493 e. The van der Waals surface area contributed by atoms with Crippen molar-refractivity contribution in [2.24, 2.45) is 5.73 Å². The van der Waals surface area contributed by atoms with Crippen molar-refractivity contribution >= 4 is 11.6 Å². The molecular weight excluding hydrogens is 276 g/mol. The predicted octanol–water partition coefficient (Wildman–Crippen LogP) is 2.44. The minimum absolute atomic E-state index is 0.347. The highest BCUT2D eigenvalue weighted by molar-refractivity contribution is 6.30. The molecule has 1 rings (SSSR count). The second-order valence-corrected chi connectivity index (χ2v) is 5.67. The van der Waals surface area contributed by atoms with Crippen LogP contribution in [-0.4, -0.2) is 43.3 Å². The molecule has 0 heterocycles. The van der Waals surface area contributed by atoms with Gasteiger partial charge in [0.1, 0.15) is 5.75 Å². The van der Waals surface area contributed by atoms with Crippen LogP contribution in [0.5, 0.6) is 5.75 Å². The molecule has 0 amide bonds. The molecule has 114 valence electrons. The molecule has 0 saturated carbocycles. The number of ether oxygens (including phenoxy) is 1. The standard InChI is InChI=1S/C15H25ClN2O2/c1-4-9-20-14-6-5-11(16)10-12(14)15(19)13(17)7-8-18(2)3/h5-6,10,13,15,19H,4,7-9,17H2,1-3H3. The number of benzene rings is 1. The number of nitrogens with two attached hydrogens (primary N) is 1. The van der Waals surface area contributed by atoms with Gasteiger partial charge in [-0.2, -0.15) is 0 Å². The fraction of sp³-hybridized carbons (Fsp3) is 0.600. The van der Waals surface area contributed by atoms with Gasteiger partial charge in [-0.15, -0.1) is 0 Å². The molecule has 20 heavy (non-hydrogen) atoms. The minimum atomic E-state index is -0.777. The van der Waals surface area contributed by atoms with Gasteiger partial charge < -0.3 is 20.5 Å². The van der Waals surface area contributed by atoms with Gasteiger partial charge in [0.05, 0.1) is 12.7 Å². The lowest BCUT2D eigenvalue weighted by molar-refractivity contribution is 0.133. The van der Waals surface area contributed by atoms with E-state index >= 15 is 0 Å². The van der Waals surface area contributed by atoms with E-state index in [1.807, 2.05) is 25.9 Å². The van der Waals surface area contributed by atoms with E-state index in [1.54, 1.807) is 18.2 Å². The Morgan fingerprint density at radius 3 is 2.70 bits per heavy atom. The molecule has 0 aromatic heterocycles. The van der Waals surface area contributed by atoms with Crippen molar-refractivity contribution in [3.8, 4) is 5.75 Å². The fourth-order valence-corrected chi connectivity index (χ4v) is 2.07. The molecule has 5 heteroatoms. The zero-order chi connectivity index (χ0) is 15.1. The summed E-state index contributed by atoms with van der Waals surface area (Å²) in [6, 6.07) is 4.93. The Bertz CT molecular complexity index is 413. The molecule has 0 aliphatic rings. The Morgan fingerprint density at radius 1 is 1.40 bits per heavy atom. The molecule has 0 aliphatic heterocycles. The molecule has 0 spiro atoms. The van der Waals surface area contributed by atoms with Gasteiger partial charge in [0.2, 0.25) is 0 Å². The number of rotatable bonds is 8. The Balaban J connectivity index is 2.83. The molecule has 4 nitrogen and oxygen atoms in total. The van der Waals surface area contributed by atoms with Crippen LogP contribution >= 0.6 is 11.6 Å². The lowest BCUT2D eigenvalue weighted by Crippen LogP contribution is -2.32. The first kappa shape index (κ1) is 17.2. The number of hydrogen-bond donors (Lipinski definition) is 2. The van der Waals surface area contributed by atoms with Crippen LogP contribution in [0.3, 0.4) is 0 Å². The predicted molar refractivity (Wildman–Crippen MR) is 83.3 cm³/mol. The summed E-state index contributed by atoms with van der Waals surface area (Å²) in [6.45, 7) is 3.47. The third kappa shape index (κ3) is 5.29. The summed E-state index contributed by atoms with van der Waals surface area (Å²) in [5.41, 5.74) is 6.73. The SMILES string of the molecule is CCCOc1ccc(Cl)cc1C(O)C(N)CCN(C)C. The topological polar surface area (TPSA) is 58.7 Å². The zero-order valence-corrected chi connectivity index (χ0v) is 13.2. The van der Waals surface area contributed by atoms with Crippen LogP contribution in [-0.2, 0) is 0 Å². The third-order valence-electron chi connectivity index (χ3n) is 3.07. The maximum Gasteiger partial charge on any atom is 0.125 e. The fourth-order valence-electron chi connectivity index (χ4n) is 1.89. The maximum absolute atomic E-state index is 10.4. The van der Waals surface area contributed by atoms with Crippen molar-refractivity contribution in [2.75, 3.05) is 27.2 Å². The number of halogens is 1. The van der Waals surface area contributed by atoms with Gasteiger partial charge in [-0.1, -0.05) is 18.5 Å². The summed E-state index contributed by atoms with van der Waals surface area (Å²) in [6.07, 6.45) is 0.833. The van der Waals surface area contributed by atoms with Crippen molar-refractivity contribution in [2.45, 2.75) is 31.9 Å². The van der Waals surface area contributed by atoms with E-state index < -0.39 is 6.10 Å². The lowest BCUT2D eigenvalue weighted by atomic mass is 9.99. The molecule has 2 unspecified atom stereocenters. The van der Waals surface area contributed by atoms with Crippen LogP contribution in [0.25, 0.3) is 0 Å². The normalized spacial score (nSPS) is 14.3. The molecule has 0 radical (unpaired) electrons. The van der Waals surface area contributed by atoms with Crippen molar-refractivity contribution in [3.63, 3.8) is 0 Å². The van der Waals surface area contributed by atoms with Crippen molar-refractivity contribution in [3.05, 3.63) is 28.8 Å². The first-order chi connectivity index (χ1) is 9.45. The highest BCUT2D eigenvalue weighted by Crippen LogP contribution is 2.30. The van der Waals surface area contributed by atoms with Crippen LogP contribution < -0.4 is 10.5 Å². The van der Waals surface area contributed by atoms with Gasteiger partial charge in [0.25, 0.3) is 0 Å². The summed E-state index contributed by atoms with van der Waals surface area (Å²) in [5, 5.41) is 11.0. The first-order valence-electron chi connectivity index (χ1n) is 6.96.